The normalized spacial score (nSPS) is 12.6. The fourth-order valence-corrected chi connectivity index (χ4v) is 6.03. The van der Waals surface area contributed by atoms with Gasteiger partial charge < -0.3 is 15.8 Å². The number of benzene rings is 2. The van der Waals surface area contributed by atoms with Crippen molar-refractivity contribution >= 4 is 49.8 Å². The number of carbonyl (C=O) groups excluding carboxylic acids is 3. The number of anilines is 2. The molecule has 34 heavy (non-hydrogen) atoms. The van der Waals surface area contributed by atoms with E-state index in [9.17, 15) is 22.8 Å². The number of sulfonamides is 1. The van der Waals surface area contributed by atoms with E-state index in [-0.39, 0.29) is 16.1 Å². The van der Waals surface area contributed by atoms with Crippen LogP contribution >= 0.6 is 11.3 Å². The molecule has 0 unspecified atom stereocenters. The molecule has 2 amide bonds. The van der Waals surface area contributed by atoms with Gasteiger partial charge in [-0.2, -0.15) is 0 Å². The second-order valence-corrected chi connectivity index (χ2v) is 10.3. The third kappa shape index (κ3) is 5.10. The van der Waals surface area contributed by atoms with E-state index >= 15 is 0 Å². The number of carbonyl (C=O) groups is 3. The molecule has 3 aromatic rings. The highest BCUT2D eigenvalue weighted by molar-refractivity contribution is 7.92. The summed E-state index contributed by atoms with van der Waals surface area (Å²) >= 11 is 1.30. The number of hydrogen-bond donors (Lipinski definition) is 3. The zero-order valence-electron chi connectivity index (χ0n) is 17.9. The van der Waals surface area contributed by atoms with Crippen molar-refractivity contribution in [2.24, 2.45) is 5.73 Å². The minimum absolute atomic E-state index is 0.0639. The van der Waals surface area contributed by atoms with E-state index in [1.807, 2.05) is 0 Å². The molecule has 1 aliphatic rings. The van der Waals surface area contributed by atoms with Gasteiger partial charge in [0.05, 0.1) is 16.0 Å². The number of fused-ring (bicyclic) bond motifs is 1. The summed E-state index contributed by atoms with van der Waals surface area (Å²) in [5.74, 6) is -2.03. The quantitative estimate of drug-likeness (QED) is 0.407. The number of nitrogens with two attached hydrogens (primary N) is 1. The maximum absolute atomic E-state index is 12.5. The van der Waals surface area contributed by atoms with Gasteiger partial charge >= 0.3 is 5.97 Å². The van der Waals surface area contributed by atoms with Gasteiger partial charge in [-0.05, 0) is 55.2 Å². The summed E-state index contributed by atoms with van der Waals surface area (Å²) in [4.78, 5) is 37.7. The van der Waals surface area contributed by atoms with Crippen molar-refractivity contribution in [1.82, 2.24) is 0 Å². The molecule has 2 aromatic carbocycles. The van der Waals surface area contributed by atoms with E-state index in [0.29, 0.717) is 10.6 Å². The van der Waals surface area contributed by atoms with Gasteiger partial charge in [-0.3, -0.25) is 14.3 Å². The standard InChI is InChI=1S/C23H21N3O6S2/c24-21(28)20-17-10-5-11-18(17)33-22(20)25-19(27)13-32-23(29)14-6-4-7-15(12-14)26-34(30,31)16-8-2-1-3-9-16/h1-4,6-9,12,26H,5,10-11,13H2,(H2,24,28)(H,25,27). The Kier molecular flexibility index (Phi) is 6.66. The molecule has 0 saturated carbocycles. The molecule has 0 atom stereocenters. The zero-order valence-corrected chi connectivity index (χ0v) is 19.5. The van der Waals surface area contributed by atoms with Gasteiger partial charge in [0.15, 0.2) is 6.61 Å². The molecular weight excluding hydrogens is 478 g/mol. The molecule has 176 valence electrons. The Labute approximate surface area is 200 Å². The summed E-state index contributed by atoms with van der Waals surface area (Å²) in [6.07, 6.45) is 2.50. The van der Waals surface area contributed by atoms with Crippen LogP contribution in [0.25, 0.3) is 0 Å². The smallest absolute Gasteiger partial charge is 0.338 e. The number of aryl methyl sites for hydroxylation is 1. The number of thiophene rings is 1. The molecule has 0 saturated heterocycles. The third-order valence-corrected chi connectivity index (χ3v) is 7.76. The van der Waals surface area contributed by atoms with Crippen LogP contribution in [0.15, 0.2) is 59.5 Å². The van der Waals surface area contributed by atoms with Crippen LogP contribution < -0.4 is 15.8 Å². The van der Waals surface area contributed by atoms with Crippen molar-refractivity contribution in [1.29, 1.82) is 0 Å². The van der Waals surface area contributed by atoms with E-state index in [1.165, 1.54) is 47.7 Å². The van der Waals surface area contributed by atoms with Crippen molar-refractivity contribution in [2.45, 2.75) is 24.2 Å². The molecule has 1 aromatic heterocycles. The monoisotopic (exact) mass is 499 g/mol. The van der Waals surface area contributed by atoms with Crippen molar-refractivity contribution in [2.75, 3.05) is 16.6 Å². The predicted octanol–water partition coefficient (Wildman–Crippen LogP) is 2.93. The Hall–Kier alpha value is -3.70. The Morgan fingerprint density at radius 1 is 1.03 bits per heavy atom. The third-order valence-electron chi connectivity index (χ3n) is 5.16. The second-order valence-electron chi connectivity index (χ2n) is 7.55. The largest absolute Gasteiger partial charge is 0.452 e. The van der Waals surface area contributed by atoms with Crippen LogP contribution in [-0.4, -0.2) is 32.8 Å². The fourth-order valence-electron chi connectivity index (χ4n) is 3.65. The molecule has 4 N–H and O–H groups in total. The molecule has 0 aliphatic heterocycles. The topological polar surface area (TPSA) is 145 Å². The Bertz CT molecular complexity index is 1370. The van der Waals surface area contributed by atoms with Gasteiger partial charge in [0.2, 0.25) is 0 Å². The highest BCUT2D eigenvalue weighted by Gasteiger charge is 2.26. The minimum atomic E-state index is -3.83. The number of esters is 1. The lowest BCUT2D eigenvalue weighted by molar-refractivity contribution is -0.119. The van der Waals surface area contributed by atoms with Crippen molar-refractivity contribution in [3.05, 3.63) is 76.2 Å². The van der Waals surface area contributed by atoms with Gasteiger partial charge in [-0.1, -0.05) is 24.3 Å². The van der Waals surface area contributed by atoms with Gasteiger partial charge in [-0.25, -0.2) is 13.2 Å². The molecule has 0 radical (unpaired) electrons. The number of amides is 2. The molecule has 11 heteroatoms. The summed E-state index contributed by atoms with van der Waals surface area (Å²) in [6, 6.07) is 13.5. The summed E-state index contributed by atoms with van der Waals surface area (Å²) in [7, 11) is -3.83. The lowest BCUT2D eigenvalue weighted by Gasteiger charge is -2.10. The maximum Gasteiger partial charge on any atom is 0.338 e. The van der Waals surface area contributed by atoms with Gasteiger partial charge in [0.1, 0.15) is 5.00 Å². The van der Waals surface area contributed by atoms with E-state index in [1.54, 1.807) is 18.2 Å². The summed E-state index contributed by atoms with van der Waals surface area (Å²) in [5, 5.41) is 2.96. The lowest BCUT2D eigenvalue weighted by Crippen LogP contribution is -2.22. The Balaban J connectivity index is 1.38. The molecule has 9 nitrogen and oxygen atoms in total. The van der Waals surface area contributed by atoms with Gasteiger partial charge in [-0.15, -0.1) is 11.3 Å². The van der Waals surface area contributed by atoms with Crippen molar-refractivity contribution in [3.8, 4) is 0 Å². The van der Waals surface area contributed by atoms with Crippen LogP contribution in [0.5, 0.6) is 0 Å². The molecule has 1 aliphatic carbocycles. The van der Waals surface area contributed by atoms with Crippen LogP contribution in [0.3, 0.4) is 0 Å². The summed E-state index contributed by atoms with van der Waals surface area (Å²) in [6.45, 7) is -0.584. The molecule has 0 fully saturated rings. The fraction of sp³-hybridized carbons (Fsp3) is 0.174. The van der Waals surface area contributed by atoms with E-state index in [2.05, 4.69) is 10.0 Å². The number of ether oxygens (including phenoxy) is 1. The number of hydrogen-bond acceptors (Lipinski definition) is 7. The first-order valence-corrected chi connectivity index (χ1v) is 12.6. The molecule has 4 rings (SSSR count). The Morgan fingerprint density at radius 2 is 1.79 bits per heavy atom. The highest BCUT2D eigenvalue weighted by atomic mass is 32.2. The number of rotatable bonds is 8. The number of nitrogens with one attached hydrogen (secondary N) is 2. The molecule has 0 spiro atoms. The lowest BCUT2D eigenvalue weighted by atomic mass is 10.1. The first kappa shape index (κ1) is 23.5. The molecule has 1 heterocycles. The number of primary amides is 1. The average molecular weight is 500 g/mol. The van der Waals surface area contributed by atoms with Gasteiger partial charge in [0.25, 0.3) is 21.8 Å². The van der Waals surface area contributed by atoms with E-state index in [4.69, 9.17) is 10.5 Å². The van der Waals surface area contributed by atoms with Crippen molar-refractivity contribution < 1.29 is 27.5 Å². The van der Waals surface area contributed by atoms with Crippen LogP contribution in [0.1, 0.15) is 37.6 Å². The summed E-state index contributed by atoms with van der Waals surface area (Å²) < 4.78 is 32.4. The zero-order chi connectivity index (χ0) is 24.3. The first-order valence-electron chi connectivity index (χ1n) is 10.3. The Morgan fingerprint density at radius 3 is 2.53 bits per heavy atom. The van der Waals surface area contributed by atoms with Crippen molar-refractivity contribution in [3.63, 3.8) is 0 Å². The first-order chi connectivity index (χ1) is 16.2. The maximum atomic E-state index is 12.5. The minimum Gasteiger partial charge on any atom is -0.452 e. The molecular formula is C23H21N3O6S2. The van der Waals surface area contributed by atoms with Crippen LogP contribution in [0.4, 0.5) is 10.7 Å². The molecule has 0 bridgehead atoms. The van der Waals surface area contributed by atoms with E-state index < -0.39 is 34.4 Å². The highest BCUT2D eigenvalue weighted by Crippen LogP contribution is 2.38. The second kappa shape index (κ2) is 9.65. The van der Waals surface area contributed by atoms with Crippen LogP contribution in [0.2, 0.25) is 0 Å². The van der Waals surface area contributed by atoms with Crippen LogP contribution in [0, 0.1) is 0 Å². The summed E-state index contributed by atoms with van der Waals surface area (Å²) in [5.41, 5.74) is 6.91. The van der Waals surface area contributed by atoms with Crippen LogP contribution in [-0.2, 0) is 32.4 Å². The van der Waals surface area contributed by atoms with E-state index in [0.717, 1.165) is 29.7 Å². The predicted molar refractivity (Wildman–Crippen MR) is 127 cm³/mol. The average Bonchev–Trinajstić information content (AvgIpc) is 3.38. The van der Waals surface area contributed by atoms with Gasteiger partial charge in [0, 0.05) is 10.6 Å². The SMILES string of the molecule is NC(=O)c1c(NC(=O)COC(=O)c2cccc(NS(=O)(=O)c3ccccc3)c2)sc2c1CCC2.